The van der Waals surface area contributed by atoms with E-state index in [1.165, 1.54) is 6.07 Å². The number of furan rings is 1. The van der Waals surface area contributed by atoms with Crippen LogP contribution in [0.5, 0.6) is 0 Å². The fraction of sp³-hybridized carbons (Fsp3) is 0.118. The van der Waals surface area contributed by atoms with Crippen LogP contribution in [0.1, 0.15) is 21.7 Å². The van der Waals surface area contributed by atoms with Crippen LogP contribution < -0.4 is 0 Å². The van der Waals surface area contributed by atoms with E-state index in [2.05, 4.69) is 0 Å². The first-order chi connectivity index (χ1) is 9.63. The molecule has 3 rings (SSSR count). The van der Waals surface area contributed by atoms with E-state index in [0.29, 0.717) is 5.39 Å². The number of carbonyl (C=O) groups excluding carboxylic acids is 1. The minimum absolute atomic E-state index is 0.139. The van der Waals surface area contributed by atoms with E-state index >= 15 is 0 Å². The van der Waals surface area contributed by atoms with Crippen LogP contribution >= 0.6 is 0 Å². The summed E-state index contributed by atoms with van der Waals surface area (Å²) in [4.78, 5) is 12.2. The molecule has 3 heteroatoms. The number of ketones is 1. The number of fused-ring (bicyclic) bond motifs is 1. The molecule has 0 unspecified atom stereocenters. The summed E-state index contributed by atoms with van der Waals surface area (Å²) in [6.45, 7) is 1.98. The van der Waals surface area contributed by atoms with Gasteiger partial charge in [0.25, 0.3) is 0 Å². The van der Waals surface area contributed by atoms with Crippen molar-refractivity contribution < 1.29 is 13.6 Å². The van der Waals surface area contributed by atoms with Crippen LogP contribution in [0.2, 0.25) is 0 Å². The number of halogens is 1. The fourth-order valence-corrected chi connectivity index (χ4v) is 2.26. The second-order valence-electron chi connectivity index (χ2n) is 4.86. The molecule has 0 saturated carbocycles. The van der Waals surface area contributed by atoms with Crippen LogP contribution in [0, 0.1) is 12.7 Å². The monoisotopic (exact) mass is 268 g/mol. The third-order valence-corrected chi connectivity index (χ3v) is 3.22. The molecule has 2 nitrogen and oxygen atoms in total. The quantitative estimate of drug-likeness (QED) is 0.663. The lowest BCUT2D eigenvalue weighted by molar-refractivity contribution is 0.0968. The zero-order valence-corrected chi connectivity index (χ0v) is 11.0. The van der Waals surface area contributed by atoms with Gasteiger partial charge in [0.1, 0.15) is 0 Å². The summed E-state index contributed by atoms with van der Waals surface area (Å²) in [6.07, 6.45) is 0.253. The van der Waals surface area contributed by atoms with Gasteiger partial charge >= 0.3 is 0 Å². The van der Waals surface area contributed by atoms with Crippen LogP contribution in [0.3, 0.4) is 0 Å². The summed E-state index contributed by atoms with van der Waals surface area (Å²) in [5.41, 5.74) is 2.17. The van der Waals surface area contributed by atoms with Crippen molar-refractivity contribution >= 4 is 16.8 Å². The Kier molecular flexibility index (Phi) is 3.11. The molecule has 0 bridgehead atoms. The summed E-state index contributed by atoms with van der Waals surface area (Å²) in [7, 11) is 0. The standard InChI is InChI=1S/C17H13FO2/c1-11-4-2-5-12(8-11)9-15(19)16-10-13-6-3-7-14(18)17(13)20-16/h2-8,10H,9H2,1H3. The van der Waals surface area contributed by atoms with Crippen molar-refractivity contribution in [1.82, 2.24) is 0 Å². The van der Waals surface area contributed by atoms with E-state index in [9.17, 15) is 9.18 Å². The predicted molar refractivity (Wildman–Crippen MR) is 75.4 cm³/mol. The zero-order chi connectivity index (χ0) is 14.1. The Morgan fingerprint density at radius 1 is 1.15 bits per heavy atom. The molecule has 3 aromatic rings. The molecule has 0 aliphatic rings. The van der Waals surface area contributed by atoms with E-state index in [1.54, 1.807) is 18.2 Å². The van der Waals surface area contributed by atoms with Crippen LogP contribution in [-0.2, 0) is 6.42 Å². The van der Waals surface area contributed by atoms with Gasteiger partial charge in [0.15, 0.2) is 17.2 Å². The number of aryl methyl sites for hydroxylation is 1. The molecule has 20 heavy (non-hydrogen) atoms. The van der Waals surface area contributed by atoms with Gasteiger partial charge < -0.3 is 4.42 Å². The maximum Gasteiger partial charge on any atom is 0.202 e. The Labute approximate surface area is 115 Å². The lowest BCUT2D eigenvalue weighted by atomic mass is 10.1. The average Bonchev–Trinajstić information content (AvgIpc) is 2.84. The number of rotatable bonds is 3. The molecule has 0 atom stereocenters. The normalized spacial score (nSPS) is 10.9. The predicted octanol–water partition coefficient (Wildman–Crippen LogP) is 4.31. The highest BCUT2D eigenvalue weighted by atomic mass is 19.1. The number of hydrogen-bond donors (Lipinski definition) is 0. The second-order valence-corrected chi connectivity index (χ2v) is 4.86. The van der Waals surface area contributed by atoms with Crippen molar-refractivity contribution in [3.05, 3.63) is 71.2 Å². The lowest BCUT2D eigenvalue weighted by Crippen LogP contribution is -2.02. The molecule has 2 aromatic carbocycles. The molecule has 0 spiro atoms. The third kappa shape index (κ3) is 2.35. The third-order valence-electron chi connectivity index (χ3n) is 3.22. The first kappa shape index (κ1) is 12.6. The van der Waals surface area contributed by atoms with Gasteiger partial charge in [-0.15, -0.1) is 0 Å². The summed E-state index contributed by atoms with van der Waals surface area (Å²) >= 11 is 0. The average molecular weight is 268 g/mol. The highest BCUT2D eigenvalue weighted by Crippen LogP contribution is 2.23. The Morgan fingerprint density at radius 3 is 2.70 bits per heavy atom. The Balaban J connectivity index is 1.91. The lowest BCUT2D eigenvalue weighted by Gasteiger charge is -2.00. The molecule has 100 valence electrons. The molecular weight excluding hydrogens is 255 g/mol. The summed E-state index contributed by atoms with van der Waals surface area (Å²) in [5.74, 6) is -0.394. The topological polar surface area (TPSA) is 30.2 Å². The molecule has 0 amide bonds. The molecule has 0 saturated heterocycles. The van der Waals surface area contributed by atoms with Gasteiger partial charge in [0.2, 0.25) is 5.78 Å². The van der Waals surface area contributed by atoms with E-state index in [1.807, 2.05) is 31.2 Å². The van der Waals surface area contributed by atoms with Gasteiger partial charge in [-0.05, 0) is 24.6 Å². The maximum absolute atomic E-state index is 13.5. The molecule has 0 fully saturated rings. The fourth-order valence-electron chi connectivity index (χ4n) is 2.26. The van der Waals surface area contributed by atoms with Gasteiger partial charge in [0.05, 0.1) is 0 Å². The van der Waals surface area contributed by atoms with Gasteiger partial charge in [-0.1, -0.05) is 42.0 Å². The number of benzene rings is 2. The Hall–Kier alpha value is -2.42. The molecule has 0 aliphatic heterocycles. The van der Waals surface area contributed by atoms with Crippen molar-refractivity contribution in [2.24, 2.45) is 0 Å². The molecule has 0 radical (unpaired) electrons. The molecule has 1 aromatic heterocycles. The highest BCUT2D eigenvalue weighted by molar-refractivity contribution is 5.98. The Bertz CT molecular complexity index is 787. The van der Waals surface area contributed by atoms with Crippen molar-refractivity contribution in [2.75, 3.05) is 0 Å². The van der Waals surface area contributed by atoms with Crippen LogP contribution in [0.15, 0.2) is 52.9 Å². The maximum atomic E-state index is 13.5. The summed E-state index contributed by atoms with van der Waals surface area (Å²) in [5, 5.41) is 0.609. The van der Waals surface area contributed by atoms with E-state index in [0.717, 1.165) is 11.1 Å². The number of carbonyl (C=O) groups is 1. The largest absolute Gasteiger partial charge is 0.450 e. The smallest absolute Gasteiger partial charge is 0.202 e. The van der Waals surface area contributed by atoms with Gasteiger partial charge in [-0.3, -0.25) is 4.79 Å². The summed E-state index contributed by atoms with van der Waals surface area (Å²) < 4.78 is 18.9. The minimum atomic E-state index is -0.447. The summed E-state index contributed by atoms with van der Waals surface area (Å²) in [6, 6.07) is 14.0. The van der Waals surface area contributed by atoms with Crippen LogP contribution in [0.4, 0.5) is 4.39 Å². The SMILES string of the molecule is Cc1cccc(CC(=O)c2cc3cccc(F)c3o2)c1. The number of Topliss-reactive ketones (excluding diaryl/α,β-unsaturated/α-hetero) is 1. The van der Waals surface area contributed by atoms with Crippen molar-refractivity contribution in [1.29, 1.82) is 0 Å². The minimum Gasteiger partial charge on any atom is -0.450 e. The van der Waals surface area contributed by atoms with Crippen molar-refractivity contribution in [3.8, 4) is 0 Å². The van der Waals surface area contributed by atoms with E-state index < -0.39 is 5.82 Å². The zero-order valence-electron chi connectivity index (χ0n) is 11.0. The van der Waals surface area contributed by atoms with E-state index in [-0.39, 0.29) is 23.5 Å². The van der Waals surface area contributed by atoms with Gasteiger partial charge in [-0.2, -0.15) is 0 Å². The van der Waals surface area contributed by atoms with Crippen LogP contribution in [0.25, 0.3) is 11.0 Å². The molecule has 0 aliphatic carbocycles. The second kappa shape index (κ2) is 4.93. The first-order valence-electron chi connectivity index (χ1n) is 6.40. The van der Waals surface area contributed by atoms with Crippen LogP contribution in [-0.4, -0.2) is 5.78 Å². The van der Waals surface area contributed by atoms with E-state index in [4.69, 9.17) is 4.42 Å². The number of para-hydroxylation sites is 1. The van der Waals surface area contributed by atoms with Gasteiger partial charge in [0, 0.05) is 11.8 Å². The molecular formula is C17H13FO2. The molecule has 0 N–H and O–H groups in total. The first-order valence-corrected chi connectivity index (χ1v) is 6.40. The van der Waals surface area contributed by atoms with Crippen molar-refractivity contribution in [2.45, 2.75) is 13.3 Å². The van der Waals surface area contributed by atoms with Gasteiger partial charge in [-0.25, -0.2) is 4.39 Å². The highest BCUT2D eigenvalue weighted by Gasteiger charge is 2.14. The molecule has 1 heterocycles. The van der Waals surface area contributed by atoms with Crippen molar-refractivity contribution in [3.63, 3.8) is 0 Å². The number of hydrogen-bond acceptors (Lipinski definition) is 2. The Morgan fingerprint density at radius 2 is 1.95 bits per heavy atom.